The molecule has 0 radical (unpaired) electrons. The summed E-state index contributed by atoms with van der Waals surface area (Å²) in [7, 11) is 7.85. The molecule has 7 nitrogen and oxygen atoms in total. The first-order valence-corrected chi connectivity index (χ1v) is 18.8. The predicted molar refractivity (Wildman–Crippen MR) is 194 cm³/mol. The van der Waals surface area contributed by atoms with Gasteiger partial charge in [0.05, 0.1) is 23.4 Å². The van der Waals surface area contributed by atoms with Crippen molar-refractivity contribution < 1.29 is 23.7 Å². The Labute approximate surface area is 287 Å². The van der Waals surface area contributed by atoms with Gasteiger partial charge in [0.25, 0.3) is 0 Å². The van der Waals surface area contributed by atoms with Crippen molar-refractivity contribution in [3.05, 3.63) is 103 Å². The molecule has 0 saturated heterocycles. The van der Waals surface area contributed by atoms with Gasteiger partial charge in [-0.3, -0.25) is 14.6 Å². The second-order valence-corrected chi connectivity index (χ2v) is 14.5. The van der Waals surface area contributed by atoms with Crippen LogP contribution < -0.4 is 18.9 Å². The Bertz CT molecular complexity index is 1840. The van der Waals surface area contributed by atoms with Crippen LogP contribution in [0.3, 0.4) is 0 Å². The van der Waals surface area contributed by atoms with E-state index in [0.717, 1.165) is 82.9 Å². The van der Waals surface area contributed by atoms with Crippen LogP contribution >= 0.6 is 20.7 Å². The van der Waals surface area contributed by atoms with Crippen molar-refractivity contribution in [1.82, 2.24) is 9.80 Å². The van der Waals surface area contributed by atoms with Crippen molar-refractivity contribution in [1.29, 1.82) is 0 Å². The first kappa shape index (κ1) is 31.8. The molecular weight excluding hydrogens is 703 g/mol. The number of carbonyl (C=O) groups excluding carboxylic acids is 1. The third-order valence-electron chi connectivity index (χ3n) is 10.0. The van der Waals surface area contributed by atoms with Crippen molar-refractivity contribution in [2.75, 3.05) is 41.4 Å². The number of hydrogen-bond acceptors (Lipinski definition) is 7. The van der Waals surface area contributed by atoms with Crippen LogP contribution in [0.15, 0.2) is 60.7 Å². The largest absolute Gasteiger partial charge is 0.496 e. The van der Waals surface area contributed by atoms with E-state index in [9.17, 15) is 4.79 Å². The lowest BCUT2D eigenvalue weighted by Crippen LogP contribution is -2.34. The zero-order valence-electron chi connectivity index (χ0n) is 27.5. The van der Waals surface area contributed by atoms with Crippen molar-refractivity contribution in [2.24, 2.45) is 0 Å². The van der Waals surface area contributed by atoms with Crippen LogP contribution in [-0.2, 0) is 25.7 Å². The van der Waals surface area contributed by atoms with Gasteiger partial charge in [-0.15, -0.1) is 0 Å². The number of hydrogen-bond donors (Lipinski definition) is 0. The molecule has 8 heteroatoms. The van der Waals surface area contributed by atoms with E-state index in [1.807, 2.05) is 30.3 Å². The first-order chi connectivity index (χ1) is 22.9. The minimum Gasteiger partial charge on any atom is -0.496 e. The summed E-state index contributed by atoms with van der Waals surface area (Å²) >= 11 is -0.659. The van der Waals surface area contributed by atoms with E-state index in [1.165, 1.54) is 27.8 Å². The molecule has 0 fully saturated rings. The molecule has 0 amide bonds. The number of methoxy groups -OCH3 is 2. The first-order valence-electron chi connectivity index (χ1n) is 16.2. The number of nitrogens with zero attached hydrogens (tertiary/aromatic N) is 2. The second kappa shape index (κ2) is 13.4. The molecule has 0 spiro atoms. The molecule has 47 heavy (non-hydrogen) atoms. The van der Waals surface area contributed by atoms with E-state index in [0.29, 0.717) is 17.7 Å². The van der Waals surface area contributed by atoms with Gasteiger partial charge >= 0.3 is 0 Å². The highest BCUT2D eigenvalue weighted by atomic mass is 127. The van der Waals surface area contributed by atoms with Gasteiger partial charge in [0, 0.05) is 30.7 Å². The van der Waals surface area contributed by atoms with Crippen LogP contribution in [-0.4, -0.2) is 62.0 Å². The minimum atomic E-state index is -0.659. The Morgan fingerprint density at radius 1 is 0.809 bits per heavy atom. The summed E-state index contributed by atoms with van der Waals surface area (Å²) in [6.45, 7) is 1.89. The van der Waals surface area contributed by atoms with Crippen LogP contribution in [0, 0.1) is 3.57 Å². The highest BCUT2D eigenvalue weighted by molar-refractivity contribution is 14.2. The minimum absolute atomic E-state index is 0.0211. The fraction of sp³-hybridized carbons (Fsp3) is 0.333. The molecule has 0 N–H and O–H groups in total. The number of carbonyl (C=O) groups is 1. The highest BCUT2D eigenvalue weighted by Crippen LogP contribution is 2.49. The van der Waals surface area contributed by atoms with Gasteiger partial charge < -0.3 is 18.9 Å². The van der Waals surface area contributed by atoms with Gasteiger partial charge in [0.1, 0.15) is 23.0 Å². The molecule has 244 valence electrons. The fourth-order valence-electron chi connectivity index (χ4n) is 7.38. The van der Waals surface area contributed by atoms with Crippen LogP contribution in [0.25, 0.3) is 0 Å². The maximum atomic E-state index is 12.1. The van der Waals surface area contributed by atoms with Crippen molar-refractivity contribution >= 4 is 31.5 Å². The number of likely N-dealkylation sites (N-methyl/N-ethyl adjacent to an activating group) is 2. The topological polar surface area (TPSA) is 60.5 Å². The predicted octanol–water partition coefficient (Wildman–Crippen LogP) is 7.92. The quantitative estimate of drug-likeness (QED) is 0.156. The van der Waals surface area contributed by atoms with E-state index < -0.39 is 20.7 Å². The molecule has 0 aromatic heterocycles. The van der Waals surface area contributed by atoms with E-state index in [2.05, 4.69) is 58.7 Å². The van der Waals surface area contributed by atoms with Gasteiger partial charge in [-0.2, -0.15) is 0 Å². The summed E-state index contributed by atoms with van der Waals surface area (Å²) in [6.07, 6.45) is 5.30. The number of aldehydes is 1. The fourth-order valence-corrected chi connectivity index (χ4v) is 8.88. The van der Waals surface area contributed by atoms with Crippen molar-refractivity contribution in [2.45, 2.75) is 44.2 Å². The standard InChI is InChI=1S/C39H41IN2O5/c1-40-38-36(45-5)21-27-15-17-42(3)32-18-25-6-10-28(23-43)33(19-25)46-29-11-7-24(8-12-29)9-13-31-30-22-35(47-39(38)37(27)32)34(44-4)20-26(30)14-16-41(31)2/h6-8,10-12,19-23,31-32H,1,9,13-18H2,2-5H3/t31-,32-/m0/s1. The lowest BCUT2D eigenvalue weighted by Gasteiger charge is -2.37. The normalized spacial score (nSPS) is 19.3. The molecule has 0 saturated carbocycles. The molecule has 4 aliphatic heterocycles. The SMILES string of the molecule is C=Ic1c(OC)cc2c3c1Oc1cc4c(cc1OC)CCN(C)[C@H]4CCc1ccc(cc1)Oc1cc(ccc1C=O)C[C@@H]3N(C)CC2. The van der Waals surface area contributed by atoms with Gasteiger partial charge in [-0.1, -0.05) is 43.4 Å². The van der Waals surface area contributed by atoms with Gasteiger partial charge in [0.15, 0.2) is 17.8 Å². The van der Waals surface area contributed by atoms with Crippen molar-refractivity contribution in [3.8, 4) is 34.5 Å². The van der Waals surface area contributed by atoms with Crippen LogP contribution in [0.1, 0.15) is 62.2 Å². The second-order valence-electron chi connectivity index (χ2n) is 12.7. The molecule has 0 aliphatic carbocycles. The average Bonchev–Trinajstić information content (AvgIpc) is 3.09. The number of benzene rings is 4. The molecule has 4 aliphatic rings. The molecular formula is C39H41IN2O5. The Balaban J connectivity index is 1.45. The summed E-state index contributed by atoms with van der Waals surface area (Å²) in [5.41, 5.74) is 7.85. The number of rotatable bonds is 4. The van der Waals surface area contributed by atoms with Crippen molar-refractivity contribution in [3.63, 3.8) is 0 Å². The number of halogens is 1. The van der Waals surface area contributed by atoms with Crippen LogP contribution in [0.5, 0.6) is 34.5 Å². The summed E-state index contributed by atoms with van der Waals surface area (Å²) in [5, 5.41) is 0. The monoisotopic (exact) mass is 744 g/mol. The van der Waals surface area contributed by atoms with Crippen LogP contribution in [0.2, 0.25) is 0 Å². The maximum Gasteiger partial charge on any atom is 0.169 e. The number of fused-ring (bicyclic) bond motifs is 3. The molecule has 4 heterocycles. The maximum absolute atomic E-state index is 12.1. The Kier molecular flexibility index (Phi) is 9.09. The zero-order valence-corrected chi connectivity index (χ0v) is 29.6. The van der Waals surface area contributed by atoms with E-state index >= 15 is 0 Å². The van der Waals surface area contributed by atoms with Gasteiger partial charge in [0.2, 0.25) is 0 Å². The number of aryl methyl sites for hydroxylation is 1. The smallest absolute Gasteiger partial charge is 0.169 e. The third-order valence-corrected chi connectivity index (χ3v) is 11.8. The summed E-state index contributed by atoms with van der Waals surface area (Å²) < 4.78 is 30.9. The molecule has 2 atom stereocenters. The van der Waals surface area contributed by atoms with E-state index in [1.54, 1.807) is 14.2 Å². The third kappa shape index (κ3) is 6.07. The Morgan fingerprint density at radius 3 is 2.23 bits per heavy atom. The van der Waals surface area contributed by atoms with Gasteiger partial charge in [-0.25, -0.2) is 0 Å². The zero-order chi connectivity index (χ0) is 32.7. The molecule has 6 bridgehead atoms. The molecule has 0 unspecified atom stereocenters. The lowest BCUT2D eigenvalue weighted by molar-refractivity contribution is 0.112. The average molecular weight is 745 g/mol. The highest BCUT2D eigenvalue weighted by Gasteiger charge is 2.33. The summed E-state index contributed by atoms with van der Waals surface area (Å²) in [5.74, 6) is 4.43. The lowest BCUT2D eigenvalue weighted by atomic mass is 9.87. The van der Waals surface area contributed by atoms with E-state index in [4.69, 9.17) is 18.9 Å². The number of ether oxygens (including phenoxy) is 4. The van der Waals surface area contributed by atoms with E-state index in [-0.39, 0.29) is 12.1 Å². The summed E-state index contributed by atoms with van der Waals surface area (Å²) in [6, 6.07) is 21.0. The Morgan fingerprint density at radius 2 is 1.51 bits per heavy atom. The van der Waals surface area contributed by atoms with Gasteiger partial charge in [-0.05, 0) is 116 Å². The Hall–Kier alpha value is -3.73. The molecule has 4 aromatic carbocycles. The van der Waals surface area contributed by atoms with Crippen LogP contribution in [0.4, 0.5) is 0 Å². The summed E-state index contributed by atoms with van der Waals surface area (Å²) in [4.78, 5) is 16.9. The molecule has 4 aromatic rings. The molecule has 8 rings (SSSR count).